The third kappa shape index (κ3) is 5.54. The molecule has 0 bridgehead atoms. The summed E-state index contributed by atoms with van der Waals surface area (Å²) in [5, 5.41) is 4.54. The number of ether oxygens (including phenoxy) is 1. The third-order valence-corrected chi connectivity index (χ3v) is 5.48. The minimum absolute atomic E-state index is 0.0761. The first-order valence-corrected chi connectivity index (χ1v) is 10.3. The van der Waals surface area contributed by atoms with Crippen molar-refractivity contribution < 1.29 is 18.7 Å². The number of amides is 1. The summed E-state index contributed by atoms with van der Waals surface area (Å²) >= 11 is 8.74. The zero-order valence-corrected chi connectivity index (χ0v) is 16.7. The summed E-state index contributed by atoms with van der Waals surface area (Å²) in [7, 11) is 0. The lowest BCUT2D eigenvalue weighted by atomic mass is 10.2. The number of thioether (sulfide) groups is 1. The van der Waals surface area contributed by atoms with Gasteiger partial charge in [-0.15, -0.1) is 23.1 Å². The molecule has 1 heterocycles. The Morgan fingerprint density at radius 3 is 2.86 bits per heavy atom. The van der Waals surface area contributed by atoms with Crippen LogP contribution in [0.1, 0.15) is 16.1 Å². The van der Waals surface area contributed by atoms with E-state index in [9.17, 15) is 14.0 Å². The Bertz CT molecular complexity index is 983. The lowest BCUT2D eigenvalue weighted by Crippen LogP contribution is -2.21. The molecular weight excluding hydrogens is 423 g/mol. The molecule has 0 aliphatic heterocycles. The number of aromatic nitrogens is 1. The first-order valence-electron chi connectivity index (χ1n) is 8.04. The van der Waals surface area contributed by atoms with Crippen LogP contribution in [0.25, 0.3) is 0 Å². The molecule has 0 spiro atoms. The molecule has 0 saturated heterocycles. The molecule has 1 N–H and O–H groups in total. The number of hydrogen-bond donors (Lipinski definition) is 1. The van der Waals surface area contributed by atoms with Gasteiger partial charge in [0.2, 0.25) is 0 Å². The van der Waals surface area contributed by atoms with E-state index in [0.29, 0.717) is 11.3 Å². The maximum Gasteiger partial charge on any atom is 0.339 e. The molecule has 0 unspecified atom stereocenters. The molecule has 9 heteroatoms. The van der Waals surface area contributed by atoms with E-state index >= 15 is 0 Å². The Morgan fingerprint density at radius 1 is 1.25 bits per heavy atom. The zero-order valence-electron chi connectivity index (χ0n) is 14.4. The van der Waals surface area contributed by atoms with Crippen LogP contribution in [0.3, 0.4) is 0 Å². The molecule has 0 aliphatic rings. The van der Waals surface area contributed by atoms with Crippen LogP contribution in [0.15, 0.2) is 58.3 Å². The fourth-order valence-corrected chi connectivity index (χ4v) is 3.99. The number of nitrogens with zero attached hydrogens (tertiary/aromatic N) is 1. The predicted octanol–water partition coefficient (Wildman–Crippen LogP) is 5.02. The molecule has 0 atom stereocenters. The van der Waals surface area contributed by atoms with Gasteiger partial charge in [-0.05, 0) is 30.3 Å². The van der Waals surface area contributed by atoms with Gasteiger partial charge in [-0.3, -0.25) is 4.79 Å². The van der Waals surface area contributed by atoms with E-state index in [-0.39, 0.29) is 10.7 Å². The molecule has 144 valence electrons. The summed E-state index contributed by atoms with van der Waals surface area (Å²) in [4.78, 5) is 29.3. The van der Waals surface area contributed by atoms with Crippen LogP contribution < -0.4 is 5.32 Å². The van der Waals surface area contributed by atoms with Crippen LogP contribution in [0.4, 0.5) is 10.1 Å². The number of carbonyl (C=O) groups is 2. The number of anilines is 1. The molecule has 0 radical (unpaired) electrons. The van der Waals surface area contributed by atoms with E-state index < -0.39 is 24.3 Å². The van der Waals surface area contributed by atoms with Gasteiger partial charge in [-0.2, -0.15) is 0 Å². The highest BCUT2D eigenvalue weighted by atomic mass is 35.5. The van der Waals surface area contributed by atoms with Gasteiger partial charge in [0, 0.05) is 21.1 Å². The highest BCUT2D eigenvalue weighted by Crippen LogP contribution is 2.27. The second-order valence-electron chi connectivity index (χ2n) is 5.51. The van der Waals surface area contributed by atoms with Crippen molar-refractivity contribution in [2.75, 3.05) is 11.9 Å². The fraction of sp³-hybridized carbons (Fsp3) is 0.105. The van der Waals surface area contributed by atoms with Crippen LogP contribution >= 0.6 is 34.7 Å². The molecule has 5 nitrogen and oxygen atoms in total. The van der Waals surface area contributed by atoms with Crippen molar-refractivity contribution >= 4 is 52.3 Å². The van der Waals surface area contributed by atoms with Crippen LogP contribution in [0.2, 0.25) is 5.02 Å². The molecule has 0 fully saturated rings. The summed E-state index contributed by atoms with van der Waals surface area (Å²) in [6.07, 6.45) is 0. The summed E-state index contributed by atoms with van der Waals surface area (Å²) in [5.74, 6) is -1.32. The van der Waals surface area contributed by atoms with Crippen molar-refractivity contribution in [2.24, 2.45) is 0 Å². The summed E-state index contributed by atoms with van der Waals surface area (Å²) in [6, 6.07) is 10.7. The minimum atomic E-state index is -0.665. The van der Waals surface area contributed by atoms with E-state index in [4.69, 9.17) is 16.3 Å². The van der Waals surface area contributed by atoms with Gasteiger partial charge in [0.05, 0.1) is 22.5 Å². The first-order chi connectivity index (χ1) is 13.5. The smallest absolute Gasteiger partial charge is 0.339 e. The molecule has 1 amide bonds. The standard InChI is InChI=1S/C19H14ClFN2O3S2/c20-12-5-6-15(21)16(7-12)23-18(24)8-26-19(25)14-3-1-2-4-17(14)28-10-13-9-27-11-22-13/h1-7,9,11H,8,10H2,(H,23,24). The number of rotatable bonds is 7. The summed E-state index contributed by atoms with van der Waals surface area (Å²) < 4.78 is 18.7. The number of benzene rings is 2. The van der Waals surface area contributed by atoms with E-state index in [1.54, 1.807) is 23.7 Å². The van der Waals surface area contributed by atoms with E-state index in [1.165, 1.54) is 35.2 Å². The molecule has 3 aromatic rings. The largest absolute Gasteiger partial charge is 0.452 e. The highest BCUT2D eigenvalue weighted by molar-refractivity contribution is 7.98. The normalized spacial score (nSPS) is 10.5. The molecule has 3 rings (SSSR count). The van der Waals surface area contributed by atoms with Crippen LogP contribution in [-0.2, 0) is 15.3 Å². The van der Waals surface area contributed by atoms with Crippen molar-refractivity contribution in [2.45, 2.75) is 10.6 Å². The third-order valence-electron chi connectivity index (χ3n) is 3.50. The number of hydrogen-bond acceptors (Lipinski definition) is 6. The lowest BCUT2D eigenvalue weighted by molar-refractivity contribution is -0.119. The van der Waals surface area contributed by atoms with E-state index in [2.05, 4.69) is 10.3 Å². The Morgan fingerprint density at radius 2 is 2.07 bits per heavy atom. The maximum atomic E-state index is 13.7. The SMILES string of the molecule is O=C(COC(=O)c1ccccc1SCc1cscn1)Nc1cc(Cl)ccc1F. The Labute approximate surface area is 173 Å². The Hall–Kier alpha value is -2.42. The molecule has 28 heavy (non-hydrogen) atoms. The number of thiazole rings is 1. The molecular formula is C19H14ClFN2O3S2. The summed E-state index contributed by atoms with van der Waals surface area (Å²) in [6.45, 7) is -0.546. The lowest BCUT2D eigenvalue weighted by Gasteiger charge is -2.10. The van der Waals surface area contributed by atoms with Crippen molar-refractivity contribution in [3.63, 3.8) is 0 Å². The molecule has 0 saturated carbocycles. The van der Waals surface area contributed by atoms with Gasteiger partial charge in [0.25, 0.3) is 5.91 Å². The molecule has 1 aromatic heterocycles. The number of nitrogens with one attached hydrogen (secondary N) is 1. The average Bonchev–Trinajstić information content (AvgIpc) is 3.21. The number of esters is 1. The van der Waals surface area contributed by atoms with Gasteiger partial charge in [-0.1, -0.05) is 23.7 Å². The van der Waals surface area contributed by atoms with Gasteiger partial charge < -0.3 is 10.1 Å². The summed E-state index contributed by atoms with van der Waals surface area (Å²) in [5.41, 5.74) is 2.94. The maximum absolute atomic E-state index is 13.7. The second-order valence-corrected chi connectivity index (χ2v) is 7.69. The predicted molar refractivity (Wildman–Crippen MR) is 108 cm³/mol. The van der Waals surface area contributed by atoms with Crippen molar-refractivity contribution in [1.29, 1.82) is 0 Å². The average molecular weight is 437 g/mol. The Kier molecular flexibility index (Phi) is 7.02. The van der Waals surface area contributed by atoms with Gasteiger partial charge in [0.1, 0.15) is 5.82 Å². The van der Waals surface area contributed by atoms with Gasteiger partial charge in [-0.25, -0.2) is 14.2 Å². The number of halogens is 2. The number of carbonyl (C=O) groups excluding carboxylic acids is 2. The highest BCUT2D eigenvalue weighted by Gasteiger charge is 2.16. The topological polar surface area (TPSA) is 68.3 Å². The zero-order chi connectivity index (χ0) is 19.9. The van der Waals surface area contributed by atoms with E-state index in [1.807, 2.05) is 11.4 Å². The molecule has 2 aromatic carbocycles. The van der Waals surface area contributed by atoms with Gasteiger partial charge >= 0.3 is 5.97 Å². The van der Waals surface area contributed by atoms with Gasteiger partial charge in [0.15, 0.2) is 6.61 Å². The quantitative estimate of drug-likeness (QED) is 0.416. The van der Waals surface area contributed by atoms with Crippen LogP contribution in [-0.4, -0.2) is 23.5 Å². The van der Waals surface area contributed by atoms with Crippen molar-refractivity contribution in [3.8, 4) is 0 Å². The van der Waals surface area contributed by atoms with Crippen molar-refractivity contribution in [3.05, 3.63) is 75.5 Å². The Balaban J connectivity index is 1.58. The monoisotopic (exact) mass is 436 g/mol. The fourth-order valence-electron chi connectivity index (χ4n) is 2.21. The van der Waals surface area contributed by atoms with Crippen LogP contribution in [0.5, 0.6) is 0 Å². The van der Waals surface area contributed by atoms with E-state index in [0.717, 1.165) is 16.7 Å². The second kappa shape index (κ2) is 9.68. The first kappa shape index (κ1) is 20.3. The minimum Gasteiger partial charge on any atom is -0.452 e. The molecule has 0 aliphatic carbocycles. The van der Waals surface area contributed by atoms with Crippen LogP contribution in [0, 0.1) is 5.82 Å². The van der Waals surface area contributed by atoms with Crippen molar-refractivity contribution in [1.82, 2.24) is 4.98 Å².